The zero-order valence-corrected chi connectivity index (χ0v) is 6.11. The van der Waals surface area contributed by atoms with Gasteiger partial charge in [0.15, 0.2) is 5.82 Å². The van der Waals surface area contributed by atoms with Crippen molar-refractivity contribution in [3.8, 4) is 0 Å². The fourth-order valence-corrected chi connectivity index (χ4v) is 0.724. The van der Waals surface area contributed by atoms with Crippen molar-refractivity contribution >= 4 is 0 Å². The maximum atomic E-state index is 12.6. The Hall–Kier alpha value is -1.13. The predicted octanol–water partition coefficient (Wildman–Crippen LogP) is 2.61. The Kier molecular flexibility index (Phi) is 2.30. The van der Waals surface area contributed by atoms with E-state index in [0.29, 0.717) is 6.07 Å². The number of nitrogens with zero attached hydrogens (tertiary/aromatic N) is 1. The summed E-state index contributed by atoms with van der Waals surface area (Å²) in [4.78, 5) is 2.78. The van der Waals surface area contributed by atoms with Gasteiger partial charge in [0.05, 0.1) is 0 Å². The maximum Gasteiger partial charge on any atom is 0.283 e. The van der Waals surface area contributed by atoms with Crippen LogP contribution in [0.3, 0.4) is 0 Å². The fraction of sp³-hybridized carbons (Fsp3) is 0.286. The van der Waals surface area contributed by atoms with E-state index in [1.807, 2.05) is 0 Å². The molecule has 0 saturated carbocycles. The third-order valence-corrected chi connectivity index (χ3v) is 1.34. The zero-order valence-electron chi connectivity index (χ0n) is 6.11. The van der Waals surface area contributed by atoms with Gasteiger partial charge >= 0.3 is 0 Å². The number of halogens is 4. The van der Waals surface area contributed by atoms with Gasteiger partial charge in [-0.15, -0.1) is 0 Å². The third kappa shape index (κ3) is 1.54. The zero-order chi connectivity index (χ0) is 9.30. The molecule has 1 rings (SSSR count). The summed E-state index contributed by atoms with van der Waals surface area (Å²) in [6, 6.07) is 0.698. The molecule has 0 saturated heterocycles. The predicted molar refractivity (Wildman–Crippen MR) is 33.8 cm³/mol. The second-order valence-corrected chi connectivity index (χ2v) is 2.26. The summed E-state index contributed by atoms with van der Waals surface area (Å²) in [5.74, 6) is -2.24. The van der Waals surface area contributed by atoms with Crippen LogP contribution in [0.1, 0.15) is 17.7 Å². The van der Waals surface area contributed by atoms with Crippen molar-refractivity contribution in [2.75, 3.05) is 0 Å². The molecule has 1 aromatic rings. The average molecular weight is 179 g/mol. The van der Waals surface area contributed by atoms with Crippen LogP contribution in [0.4, 0.5) is 17.6 Å². The summed E-state index contributed by atoms with van der Waals surface area (Å²) in [5.41, 5.74) is -1.23. The third-order valence-electron chi connectivity index (χ3n) is 1.34. The average Bonchev–Trinajstić information content (AvgIpc) is 1.96. The van der Waals surface area contributed by atoms with E-state index in [4.69, 9.17) is 0 Å². The molecule has 0 amide bonds. The quantitative estimate of drug-likeness (QED) is 0.477. The summed E-state index contributed by atoms with van der Waals surface area (Å²) in [6.45, 7) is 1.25. The van der Waals surface area contributed by atoms with Crippen LogP contribution >= 0.6 is 0 Å². The molecule has 0 aliphatic rings. The number of aromatic nitrogens is 1. The molecule has 12 heavy (non-hydrogen) atoms. The smallest absolute Gasteiger partial charge is 0.215 e. The lowest BCUT2D eigenvalue weighted by atomic mass is 10.2. The van der Waals surface area contributed by atoms with Gasteiger partial charge in [0.1, 0.15) is 5.69 Å². The number of pyridine rings is 1. The van der Waals surface area contributed by atoms with Gasteiger partial charge in [0.25, 0.3) is 6.43 Å². The molecule has 1 heterocycles. The molecule has 0 aromatic carbocycles. The first-order valence-electron chi connectivity index (χ1n) is 3.13. The molecule has 0 fully saturated rings. The van der Waals surface area contributed by atoms with E-state index in [9.17, 15) is 17.6 Å². The van der Waals surface area contributed by atoms with Crippen molar-refractivity contribution in [2.24, 2.45) is 0 Å². The van der Waals surface area contributed by atoms with Crippen molar-refractivity contribution < 1.29 is 17.6 Å². The SMILES string of the molecule is Cc1cc(F)c(C(F)F)nc1F. The van der Waals surface area contributed by atoms with Crippen molar-refractivity contribution in [1.29, 1.82) is 0 Å². The molecule has 0 aliphatic carbocycles. The van der Waals surface area contributed by atoms with Crippen molar-refractivity contribution in [2.45, 2.75) is 13.3 Å². The molecule has 0 atom stereocenters. The largest absolute Gasteiger partial charge is 0.283 e. The van der Waals surface area contributed by atoms with E-state index in [2.05, 4.69) is 4.98 Å². The van der Waals surface area contributed by atoms with Gasteiger partial charge in [0.2, 0.25) is 5.95 Å². The van der Waals surface area contributed by atoms with Gasteiger partial charge in [-0.05, 0) is 13.0 Å². The molecular formula is C7H5F4N. The normalized spacial score (nSPS) is 10.8. The van der Waals surface area contributed by atoms with Gasteiger partial charge in [-0.2, -0.15) is 4.39 Å². The summed E-state index contributed by atoms with van der Waals surface area (Å²) >= 11 is 0. The van der Waals surface area contributed by atoms with E-state index >= 15 is 0 Å². The fourth-order valence-electron chi connectivity index (χ4n) is 0.724. The summed E-state index contributed by atoms with van der Waals surface area (Å²) < 4.78 is 48.8. The maximum absolute atomic E-state index is 12.6. The van der Waals surface area contributed by atoms with E-state index in [0.717, 1.165) is 0 Å². The Morgan fingerprint density at radius 2 is 1.92 bits per heavy atom. The first-order chi connectivity index (χ1) is 5.52. The molecule has 0 N–H and O–H groups in total. The first kappa shape index (κ1) is 8.96. The van der Waals surface area contributed by atoms with Gasteiger partial charge < -0.3 is 0 Å². The molecule has 1 nitrogen and oxygen atoms in total. The van der Waals surface area contributed by atoms with Crippen molar-refractivity contribution in [3.63, 3.8) is 0 Å². The molecule has 1 aromatic heterocycles. The second-order valence-electron chi connectivity index (χ2n) is 2.26. The minimum absolute atomic E-state index is 0.0862. The highest BCUT2D eigenvalue weighted by Crippen LogP contribution is 2.20. The van der Waals surface area contributed by atoms with Gasteiger partial charge in [-0.1, -0.05) is 0 Å². The Bertz CT molecular complexity index is 298. The van der Waals surface area contributed by atoms with Crippen LogP contribution in [-0.2, 0) is 0 Å². The monoisotopic (exact) mass is 179 g/mol. The lowest BCUT2D eigenvalue weighted by molar-refractivity contribution is 0.139. The highest BCUT2D eigenvalue weighted by Gasteiger charge is 2.17. The molecule has 66 valence electrons. The second kappa shape index (κ2) is 3.08. The molecule has 0 spiro atoms. The minimum atomic E-state index is -3.08. The molecule has 0 radical (unpaired) electrons. The lowest BCUT2D eigenvalue weighted by Crippen LogP contribution is -2.00. The van der Waals surface area contributed by atoms with Gasteiger partial charge in [-0.25, -0.2) is 18.2 Å². The van der Waals surface area contributed by atoms with E-state index < -0.39 is 23.9 Å². The van der Waals surface area contributed by atoms with Crippen molar-refractivity contribution in [3.05, 3.63) is 29.1 Å². The van der Waals surface area contributed by atoms with Crippen molar-refractivity contribution in [1.82, 2.24) is 4.98 Å². The van der Waals surface area contributed by atoms with Gasteiger partial charge in [0, 0.05) is 5.56 Å². The number of rotatable bonds is 1. The number of alkyl halides is 2. The Morgan fingerprint density at radius 3 is 2.42 bits per heavy atom. The van der Waals surface area contributed by atoms with Crippen LogP contribution in [0.15, 0.2) is 6.07 Å². The Balaban J connectivity index is 3.23. The summed E-state index contributed by atoms with van der Waals surface area (Å²) in [5, 5.41) is 0. The highest BCUT2D eigenvalue weighted by molar-refractivity contribution is 5.16. The Morgan fingerprint density at radius 1 is 1.33 bits per heavy atom. The minimum Gasteiger partial charge on any atom is -0.215 e. The van der Waals surface area contributed by atoms with Crippen LogP contribution in [0.2, 0.25) is 0 Å². The number of hydrogen-bond donors (Lipinski definition) is 0. The topological polar surface area (TPSA) is 12.9 Å². The van der Waals surface area contributed by atoms with Crippen LogP contribution in [0.25, 0.3) is 0 Å². The molecule has 0 aliphatic heterocycles. The number of aryl methyl sites for hydroxylation is 1. The van der Waals surface area contributed by atoms with E-state index in [-0.39, 0.29) is 5.56 Å². The lowest BCUT2D eigenvalue weighted by Gasteiger charge is -2.01. The Labute approximate surface area is 66.0 Å². The molecule has 5 heteroatoms. The standard InChI is InChI=1S/C7H5F4N/c1-3-2-4(8)5(6(9)10)12-7(3)11/h2,6H,1H3. The first-order valence-corrected chi connectivity index (χ1v) is 3.13. The molecule has 0 bridgehead atoms. The molecule has 0 unspecified atom stereocenters. The number of hydrogen-bond acceptors (Lipinski definition) is 1. The van der Waals surface area contributed by atoms with Crippen LogP contribution in [0.5, 0.6) is 0 Å². The van der Waals surface area contributed by atoms with Crippen LogP contribution < -0.4 is 0 Å². The van der Waals surface area contributed by atoms with E-state index in [1.54, 1.807) is 0 Å². The van der Waals surface area contributed by atoms with E-state index in [1.165, 1.54) is 6.92 Å². The van der Waals surface area contributed by atoms with Crippen LogP contribution in [-0.4, -0.2) is 4.98 Å². The summed E-state index contributed by atoms with van der Waals surface area (Å²) in [7, 11) is 0. The summed E-state index contributed by atoms with van der Waals surface area (Å²) in [6.07, 6.45) is -3.08. The van der Waals surface area contributed by atoms with Crippen LogP contribution in [0, 0.1) is 18.7 Å². The van der Waals surface area contributed by atoms with Gasteiger partial charge in [-0.3, -0.25) is 0 Å². The highest BCUT2D eigenvalue weighted by atomic mass is 19.3. The molecular weight excluding hydrogens is 174 g/mol.